The fraction of sp³-hybridized carbons (Fsp3) is 0.267. The van der Waals surface area contributed by atoms with Crippen LogP contribution in [0.2, 0.25) is 10.0 Å². The molecule has 9 heteroatoms. The van der Waals surface area contributed by atoms with Crippen LogP contribution in [0.1, 0.15) is 16.1 Å². The van der Waals surface area contributed by atoms with Crippen LogP contribution >= 0.6 is 23.2 Å². The molecule has 0 radical (unpaired) electrons. The third kappa shape index (κ3) is 4.51. The number of aromatic nitrogens is 1. The second kappa shape index (κ2) is 7.57. The van der Waals surface area contributed by atoms with Gasteiger partial charge in [-0.05, 0) is 43.3 Å². The average Bonchev–Trinajstić information content (AvgIpc) is 2.89. The predicted molar refractivity (Wildman–Crippen MR) is 94.2 cm³/mol. The number of hydrogen-bond donors (Lipinski definition) is 2. The van der Waals surface area contributed by atoms with Crippen molar-refractivity contribution < 1.29 is 13.2 Å². The van der Waals surface area contributed by atoms with Crippen molar-refractivity contribution in [3.8, 4) is 0 Å². The number of halogens is 2. The largest absolute Gasteiger partial charge is 0.350 e. The number of carbonyl (C=O) groups is 1. The monoisotopic (exact) mass is 389 g/mol. The van der Waals surface area contributed by atoms with Crippen molar-refractivity contribution in [2.45, 2.75) is 11.3 Å². The van der Waals surface area contributed by atoms with E-state index in [-0.39, 0.29) is 16.5 Å². The van der Waals surface area contributed by atoms with Crippen molar-refractivity contribution in [2.75, 3.05) is 13.6 Å². The number of amides is 1. The fourth-order valence-electron chi connectivity index (χ4n) is 2.19. The Kier molecular flexibility index (Phi) is 5.92. The molecule has 1 amide bonds. The molecule has 0 spiro atoms. The number of carbonyl (C=O) groups excluding carboxylic acids is 1. The molecular formula is C15H17Cl2N3O3S. The predicted octanol–water partition coefficient (Wildman–Crippen LogP) is 2.21. The zero-order valence-electron chi connectivity index (χ0n) is 13.1. The summed E-state index contributed by atoms with van der Waals surface area (Å²) in [6, 6.07) is 6.52. The van der Waals surface area contributed by atoms with Gasteiger partial charge in [-0.25, -0.2) is 13.1 Å². The Labute approximate surface area is 150 Å². The molecule has 0 aliphatic carbocycles. The first-order chi connectivity index (χ1) is 11.2. The molecule has 0 bridgehead atoms. The highest BCUT2D eigenvalue weighted by atomic mass is 35.5. The number of nitrogens with zero attached hydrogens (tertiary/aromatic N) is 1. The van der Waals surface area contributed by atoms with E-state index < -0.39 is 10.0 Å². The second-order valence-electron chi connectivity index (χ2n) is 5.16. The Morgan fingerprint density at radius 2 is 1.79 bits per heavy atom. The first kappa shape index (κ1) is 18.8. The van der Waals surface area contributed by atoms with Gasteiger partial charge in [0.2, 0.25) is 10.0 Å². The van der Waals surface area contributed by atoms with Gasteiger partial charge in [-0.2, -0.15) is 0 Å². The number of rotatable bonds is 6. The Bertz CT molecular complexity index is 843. The Hall–Kier alpha value is -1.54. The lowest BCUT2D eigenvalue weighted by Crippen LogP contribution is -2.27. The van der Waals surface area contributed by atoms with Gasteiger partial charge in [0.05, 0.1) is 0 Å². The van der Waals surface area contributed by atoms with E-state index in [1.54, 1.807) is 25.2 Å². The Morgan fingerprint density at radius 3 is 2.38 bits per heavy atom. The molecule has 0 aliphatic rings. The van der Waals surface area contributed by atoms with Crippen LogP contribution in [0, 0.1) is 0 Å². The van der Waals surface area contributed by atoms with E-state index in [1.807, 2.05) is 0 Å². The molecule has 2 aromatic rings. The lowest BCUT2D eigenvalue weighted by molar-refractivity contribution is 0.0946. The molecule has 6 nitrogen and oxygen atoms in total. The summed E-state index contributed by atoms with van der Waals surface area (Å²) in [5.41, 5.74) is 1.16. The molecule has 0 saturated heterocycles. The van der Waals surface area contributed by atoms with Crippen LogP contribution in [0.15, 0.2) is 35.4 Å². The summed E-state index contributed by atoms with van der Waals surface area (Å²) in [6.45, 7) is 0.370. The van der Waals surface area contributed by atoms with Crippen molar-refractivity contribution in [3.05, 3.63) is 51.8 Å². The van der Waals surface area contributed by atoms with Crippen LogP contribution in [-0.2, 0) is 23.5 Å². The molecule has 130 valence electrons. The minimum absolute atomic E-state index is 0.0410. The average molecular weight is 390 g/mol. The fourth-order valence-corrected chi connectivity index (χ4v) is 3.56. The smallest absolute Gasteiger partial charge is 0.267 e. The third-order valence-corrected chi connectivity index (χ3v) is 5.23. The summed E-state index contributed by atoms with van der Waals surface area (Å²) in [6.07, 6.45) is 1.94. The zero-order chi connectivity index (χ0) is 17.9. The van der Waals surface area contributed by atoms with Crippen LogP contribution in [0.5, 0.6) is 0 Å². The van der Waals surface area contributed by atoms with E-state index in [4.69, 9.17) is 23.2 Å². The molecule has 0 unspecified atom stereocenters. The summed E-state index contributed by atoms with van der Waals surface area (Å²) in [5.74, 6) is -0.358. The highest BCUT2D eigenvalue weighted by Gasteiger charge is 2.18. The molecule has 1 aromatic carbocycles. The highest BCUT2D eigenvalue weighted by Crippen LogP contribution is 2.19. The lowest BCUT2D eigenvalue weighted by Gasteiger charge is -2.07. The first-order valence-corrected chi connectivity index (χ1v) is 9.30. The van der Waals surface area contributed by atoms with Crippen molar-refractivity contribution in [3.63, 3.8) is 0 Å². The van der Waals surface area contributed by atoms with Crippen molar-refractivity contribution in [1.82, 2.24) is 14.6 Å². The van der Waals surface area contributed by atoms with E-state index in [9.17, 15) is 13.2 Å². The van der Waals surface area contributed by atoms with Crippen molar-refractivity contribution >= 4 is 39.1 Å². The molecular weight excluding hydrogens is 373 g/mol. The first-order valence-electron chi connectivity index (χ1n) is 7.06. The molecule has 0 atom stereocenters. The lowest BCUT2D eigenvalue weighted by atomic mass is 10.1. The second-order valence-corrected chi connectivity index (χ2v) is 7.92. The van der Waals surface area contributed by atoms with Gasteiger partial charge in [-0.3, -0.25) is 4.79 Å². The van der Waals surface area contributed by atoms with Gasteiger partial charge in [0.1, 0.15) is 10.6 Å². The zero-order valence-corrected chi connectivity index (χ0v) is 15.5. The number of hydrogen-bond acceptors (Lipinski definition) is 3. The third-order valence-electron chi connectivity index (χ3n) is 3.41. The summed E-state index contributed by atoms with van der Waals surface area (Å²) in [7, 11) is -0.657. The van der Waals surface area contributed by atoms with Gasteiger partial charge in [0.15, 0.2) is 0 Å². The van der Waals surface area contributed by atoms with Crippen LogP contribution in [-0.4, -0.2) is 32.5 Å². The van der Waals surface area contributed by atoms with E-state index >= 15 is 0 Å². The highest BCUT2D eigenvalue weighted by molar-refractivity contribution is 7.89. The standard InChI is InChI=1S/C15H17Cl2N3O3S/c1-18-24(22,23)13-8-14(20(2)9-13)15(21)19-4-3-10-5-11(16)7-12(17)6-10/h5-9,18H,3-4H2,1-2H3,(H,19,21). The Morgan fingerprint density at radius 1 is 1.17 bits per heavy atom. The maximum atomic E-state index is 12.2. The summed E-state index contributed by atoms with van der Waals surface area (Å²) in [5, 5.41) is 3.82. The van der Waals surface area contributed by atoms with E-state index in [1.165, 1.54) is 23.9 Å². The molecule has 0 saturated carbocycles. The maximum absolute atomic E-state index is 12.2. The van der Waals surface area contributed by atoms with Crippen molar-refractivity contribution in [2.24, 2.45) is 7.05 Å². The van der Waals surface area contributed by atoms with Gasteiger partial charge in [-0.15, -0.1) is 0 Å². The maximum Gasteiger partial charge on any atom is 0.267 e. The Balaban J connectivity index is 2.03. The molecule has 24 heavy (non-hydrogen) atoms. The molecule has 0 fully saturated rings. The van der Waals surface area contributed by atoms with Crippen LogP contribution in [0.3, 0.4) is 0 Å². The summed E-state index contributed by atoms with van der Waals surface area (Å²) >= 11 is 11.9. The van der Waals surface area contributed by atoms with Crippen LogP contribution < -0.4 is 10.0 Å². The van der Waals surface area contributed by atoms with Crippen LogP contribution in [0.4, 0.5) is 0 Å². The number of aryl methyl sites for hydroxylation is 1. The number of sulfonamides is 1. The molecule has 2 N–H and O–H groups in total. The molecule has 1 heterocycles. The quantitative estimate of drug-likeness (QED) is 0.794. The topological polar surface area (TPSA) is 80.2 Å². The normalized spacial score (nSPS) is 11.5. The summed E-state index contributed by atoms with van der Waals surface area (Å²) in [4.78, 5) is 12.3. The summed E-state index contributed by atoms with van der Waals surface area (Å²) < 4.78 is 27.2. The van der Waals surface area contributed by atoms with Gasteiger partial charge in [0.25, 0.3) is 5.91 Å². The van der Waals surface area contributed by atoms with E-state index in [0.29, 0.717) is 23.0 Å². The van der Waals surface area contributed by atoms with Gasteiger partial charge in [-0.1, -0.05) is 23.2 Å². The number of benzene rings is 1. The van der Waals surface area contributed by atoms with E-state index in [2.05, 4.69) is 10.0 Å². The number of nitrogens with one attached hydrogen (secondary N) is 2. The molecule has 0 aliphatic heterocycles. The van der Waals surface area contributed by atoms with Crippen molar-refractivity contribution in [1.29, 1.82) is 0 Å². The SMILES string of the molecule is CNS(=O)(=O)c1cc(C(=O)NCCc2cc(Cl)cc(Cl)c2)n(C)c1. The van der Waals surface area contributed by atoms with Crippen LogP contribution in [0.25, 0.3) is 0 Å². The van der Waals surface area contributed by atoms with E-state index in [0.717, 1.165) is 5.56 Å². The van der Waals surface area contributed by atoms with Gasteiger partial charge >= 0.3 is 0 Å². The minimum Gasteiger partial charge on any atom is -0.350 e. The minimum atomic E-state index is -3.59. The molecule has 1 aromatic heterocycles. The van der Waals surface area contributed by atoms with Gasteiger partial charge in [0, 0.05) is 29.8 Å². The van der Waals surface area contributed by atoms with Gasteiger partial charge < -0.3 is 9.88 Å². The molecule has 2 rings (SSSR count).